The molecular formula is C12H13NO4S. The van der Waals surface area contributed by atoms with Crippen molar-refractivity contribution in [1.82, 2.24) is 4.90 Å². The Bertz CT molecular complexity index is 503. The molecule has 5 nitrogen and oxygen atoms in total. The predicted octanol–water partition coefficient (Wildman–Crippen LogP) is 1.30. The van der Waals surface area contributed by atoms with Crippen molar-refractivity contribution in [3.63, 3.8) is 0 Å². The predicted molar refractivity (Wildman–Crippen MR) is 67.8 cm³/mol. The fourth-order valence-corrected chi connectivity index (χ4v) is 2.95. The average Bonchev–Trinajstić information content (AvgIpc) is 2.81. The molecule has 0 aliphatic carbocycles. The van der Waals surface area contributed by atoms with Crippen LogP contribution in [0.25, 0.3) is 0 Å². The minimum Gasteiger partial charge on any atom is -0.508 e. The molecule has 0 spiro atoms. The van der Waals surface area contributed by atoms with Gasteiger partial charge < -0.3 is 15.1 Å². The Morgan fingerprint density at radius 3 is 2.78 bits per heavy atom. The molecule has 1 heterocycles. The normalized spacial score (nSPS) is 18.9. The highest BCUT2D eigenvalue weighted by Gasteiger charge is 2.35. The SMILES string of the molecule is Cc1cc(C(=O)N2CSC[C@H]2C(=O)O)ccc1O. The summed E-state index contributed by atoms with van der Waals surface area (Å²) in [5.74, 6) is -0.370. The molecule has 96 valence electrons. The van der Waals surface area contributed by atoms with Crippen molar-refractivity contribution in [2.45, 2.75) is 13.0 Å². The largest absolute Gasteiger partial charge is 0.508 e. The number of aromatic hydroxyl groups is 1. The molecule has 1 saturated heterocycles. The van der Waals surface area contributed by atoms with Gasteiger partial charge in [0.15, 0.2) is 0 Å². The van der Waals surface area contributed by atoms with Gasteiger partial charge >= 0.3 is 5.97 Å². The number of thioether (sulfide) groups is 1. The Balaban J connectivity index is 2.25. The summed E-state index contributed by atoms with van der Waals surface area (Å²) in [4.78, 5) is 24.6. The summed E-state index contributed by atoms with van der Waals surface area (Å²) in [6, 6.07) is 3.75. The van der Waals surface area contributed by atoms with Crippen LogP contribution in [0.5, 0.6) is 5.75 Å². The first kappa shape index (κ1) is 12.8. The molecule has 0 aromatic heterocycles. The number of carboxylic acid groups (broad SMARTS) is 1. The van der Waals surface area contributed by atoms with Crippen molar-refractivity contribution in [2.24, 2.45) is 0 Å². The average molecular weight is 267 g/mol. The monoisotopic (exact) mass is 267 g/mol. The van der Waals surface area contributed by atoms with Crippen molar-refractivity contribution in [3.8, 4) is 5.75 Å². The second kappa shape index (κ2) is 4.89. The van der Waals surface area contributed by atoms with Crippen LogP contribution in [0.3, 0.4) is 0 Å². The van der Waals surface area contributed by atoms with Gasteiger partial charge in [-0.25, -0.2) is 4.79 Å². The molecule has 1 aromatic rings. The lowest BCUT2D eigenvalue weighted by molar-refractivity contribution is -0.140. The number of aryl methyl sites for hydroxylation is 1. The van der Waals surface area contributed by atoms with Gasteiger partial charge in [0.1, 0.15) is 11.8 Å². The number of carbonyl (C=O) groups excluding carboxylic acids is 1. The zero-order valence-electron chi connectivity index (χ0n) is 9.79. The highest BCUT2D eigenvalue weighted by atomic mass is 32.2. The van der Waals surface area contributed by atoms with E-state index in [1.807, 2.05) is 0 Å². The van der Waals surface area contributed by atoms with Crippen LogP contribution < -0.4 is 0 Å². The highest BCUT2D eigenvalue weighted by Crippen LogP contribution is 2.25. The zero-order chi connectivity index (χ0) is 13.3. The molecule has 6 heteroatoms. The molecule has 0 unspecified atom stereocenters. The van der Waals surface area contributed by atoms with Crippen LogP contribution in [-0.2, 0) is 4.79 Å². The quantitative estimate of drug-likeness (QED) is 0.844. The Hall–Kier alpha value is -1.69. The number of hydrogen-bond donors (Lipinski definition) is 2. The van der Waals surface area contributed by atoms with E-state index < -0.39 is 12.0 Å². The fraction of sp³-hybridized carbons (Fsp3) is 0.333. The van der Waals surface area contributed by atoms with Crippen molar-refractivity contribution in [3.05, 3.63) is 29.3 Å². The molecule has 1 aromatic carbocycles. The molecule has 1 amide bonds. The number of hydrogen-bond acceptors (Lipinski definition) is 4. The summed E-state index contributed by atoms with van der Waals surface area (Å²) in [6.07, 6.45) is 0. The third-order valence-corrected chi connectivity index (χ3v) is 3.88. The first-order valence-electron chi connectivity index (χ1n) is 5.42. The highest BCUT2D eigenvalue weighted by molar-refractivity contribution is 7.99. The maximum absolute atomic E-state index is 12.2. The van der Waals surface area contributed by atoms with E-state index >= 15 is 0 Å². The molecule has 2 rings (SSSR count). The van der Waals surface area contributed by atoms with E-state index in [1.54, 1.807) is 13.0 Å². The smallest absolute Gasteiger partial charge is 0.327 e. The molecular weight excluding hydrogens is 254 g/mol. The van der Waals surface area contributed by atoms with E-state index in [9.17, 15) is 14.7 Å². The topological polar surface area (TPSA) is 77.8 Å². The van der Waals surface area contributed by atoms with Crippen LogP contribution in [0, 0.1) is 6.92 Å². The van der Waals surface area contributed by atoms with Gasteiger partial charge in [-0.3, -0.25) is 4.79 Å². The van der Waals surface area contributed by atoms with Gasteiger partial charge in [-0.2, -0.15) is 0 Å². The van der Waals surface area contributed by atoms with Gasteiger partial charge in [-0.15, -0.1) is 11.8 Å². The number of phenolic OH excluding ortho intramolecular Hbond substituents is 1. The molecule has 1 atom stereocenters. The lowest BCUT2D eigenvalue weighted by Crippen LogP contribution is -2.41. The number of benzene rings is 1. The van der Waals surface area contributed by atoms with Crippen LogP contribution in [0.15, 0.2) is 18.2 Å². The molecule has 0 radical (unpaired) electrons. The summed E-state index contributed by atoms with van der Waals surface area (Å²) in [6.45, 7) is 1.69. The van der Waals surface area contributed by atoms with Crippen LogP contribution in [0.4, 0.5) is 0 Å². The minimum absolute atomic E-state index is 0.122. The Morgan fingerprint density at radius 2 is 2.17 bits per heavy atom. The number of aliphatic carboxylic acids is 1. The molecule has 1 aliphatic heterocycles. The summed E-state index contributed by atoms with van der Waals surface area (Å²) < 4.78 is 0. The summed E-state index contributed by atoms with van der Waals surface area (Å²) in [5.41, 5.74) is 0.999. The lowest BCUT2D eigenvalue weighted by atomic mass is 10.1. The van der Waals surface area contributed by atoms with Crippen molar-refractivity contribution in [2.75, 3.05) is 11.6 Å². The molecule has 1 aliphatic rings. The Kier molecular flexibility index (Phi) is 3.47. The minimum atomic E-state index is -0.983. The number of rotatable bonds is 2. The third-order valence-electron chi connectivity index (χ3n) is 2.87. The van der Waals surface area contributed by atoms with Crippen LogP contribution in [-0.4, -0.2) is 44.7 Å². The molecule has 0 bridgehead atoms. The second-order valence-electron chi connectivity index (χ2n) is 4.13. The molecule has 1 fully saturated rings. The number of nitrogens with zero attached hydrogens (tertiary/aromatic N) is 1. The third kappa shape index (κ3) is 2.28. The van der Waals surface area contributed by atoms with E-state index in [2.05, 4.69) is 0 Å². The van der Waals surface area contributed by atoms with E-state index in [1.165, 1.54) is 28.8 Å². The summed E-state index contributed by atoms with van der Waals surface area (Å²) in [7, 11) is 0. The number of amides is 1. The standard InChI is InChI=1S/C12H13NO4S/c1-7-4-8(2-3-10(7)14)11(15)13-6-18-5-9(13)12(16)17/h2-4,9,14H,5-6H2,1H3,(H,16,17)/t9-/m0/s1. The van der Waals surface area contributed by atoms with Crippen LogP contribution >= 0.6 is 11.8 Å². The first-order valence-corrected chi connectivity index (χ1v) is 6.57. The zero-order valence-corrected chi connectivity index (χ0v) is 10.6. The second-order valence-corrected chi connectivity index (χ2v) is 5.13. The van der Waals surface area contributed by atoms with Gasteiger partial charge in [-0.1, -0.05) is 0 Å². The van der Waals surface area contributed by atoms with Crippen molar-refractivity contribution < 1.29 is 19.8 Å². The van der Waals surface area contributed by atoms with Gasteiger partial charge in [0.25, 0.3) is 5.91 Å². The van der Waals surface area contributed by atoms with Crippen molar-refractivity contribution in [1.29, 1.82) is 0 Å². The van der Waals surface area contributed by atoms with Gasteiger partial charge in [0.05, 0.1) is 5.88 Å². The van der Waals surface area contributed by atoms with Crippen molar-refractivity contribution >= 4 is 23.6 Å². The summed E-state index contributed by atoms with van der Waals surface area (Å²) in [5, 5.41) is 18.4. The molecule has 0 saturated carbocycles. The van der Waals surface area contributed by atoms with Gasteiger partial charge in [0, 0.05) is 11.3 Å². The van der Waals surface area contributed by atoms with Gasteiger partial charge in [0.2, 0.25) is 0 Å². The van der Waals surface area contributed by atoms with E-state index in [0.717, 1.165) is 0 Å². The Morgan fingerprint density at radius 1 is 1.44 bits per heavy atom. The molecule has 18 heavy (non-hydrogen) atoms. The van der Waals surface area contributed by atoms with Crippen LogP contribution in [0.2, 0.25) is 0 Å². The van der Waals surface area contributed by atoms with E-state index in [-0.39, 0.29) is 11.7 Å². The number of carboxylic acids is 1. The fourth-order valence-electron chi connectivity index (χ4n) is 1.80. The lowest BCUT2D eigenvalue weighted by Gasteiger charge is -2.20. The Labute approximate surface area is 108 Å². The number of carbonyl (C=O) groups is 2. The first-order chi connectivity index (χ1) is 8.50. The molecule has 2 N–H and O–H groups in total. The van der Waals surface area contributed by atoms with E-state index in [4.69, 9.17) is 5.11 Å². The number of phenols is 1. The van der Waals surface area contributed by atoms with Crippen LogP contribution in [0.1, 0.15) is 15.9 Å². The van der Waals surface area contributed by atoms with E-state index in [0.29, 0.717) is 22.8 Å². The maximum atomic E-state index is 12.2. The maximum Gasteiger partial charge on any atom is 0.327 e. The van der Waals surface area contributed by atoms with Gasteiger partial charge in [-0.05, 0) is 30.7 Å². The summed E-state index contributed by atoms with van der Waals surface area (Å²) >= 11 is 1.42.